The molecule has 3 aliphatic rings. The van der Waals surface area contributed by atoms with Crippen LogP contribution in [0.4, 0.5) is 0 Å². The van der Waals surface area contributed by atoms with Gasteiger partial charge in [0.15, 0.2) is 0 Å². The first-order valence-electron chi connectivity index (χ1n) is 5.05. The van der Waals surface area contributed by atoms with E-state index in [0.717, 1.165) is 19.3 Å². The van der Waals surface area contributed by atoms with Crippen molar-refractivity contribution in [2.75, 3.05) is 7.11 Å². The second-order valence-corrected chi connectivity index (χ2v) is 4.36. The van der Waals surface area contributed by atoms with Crippen molar-refractivity contribution >= 4 is 5.97 Å². The van der Waals surface area contributed by atoms with Crippen LogP contribution in [0.15, 0.2) is 0 Å². The highest BCUT2D eigenvalue weighted by atomic mass is 16.5. The lowest BCUT2D eigenvalue weighted by Crippen LogP contribution is -2.47. The molecule has 0 amide bonds. The Kier molecular flexibility index (Phi) is 2.28. The molecule has 4 atom stereocenters. The lowest BCUT2D eigenvalue weighted by molar-refractivity contribution is -0.151. The highest BCUT2D eigenvalue weighted by molar-refractivity contribution is 5.73. The Morgan fingerprint density at radius 3 is 2.46 bits per heavy atom. The fraction of sp³-hybridized carbons (Fsp3) is 0.900. The lowest BCUT2D eigenvalue weighted by atomic mass is 9.62. The summed E-state index contributed by atoms with van der Waals surface area (Å²) in [6, 6.07) is 0.333. The topological polar surface area (TPSA) is 52.3 Å². The highest BCUT2D eigenvalue weighted by Crippen LogP contribution is 2.44. The van der Waals surface area contributed by atoms with Crippen LogP contribution in [0.25, 0.3) is 0 Å². The third-order valence-corrected chi connectivity index (χ3v) is 3.72. The van der Waals surface area contributed by atoms with Gasteiger partial charge >= 0.3 is 5.97 Å². The van der Waals surface area contributed by atoms with E-state index in [1.807, 2.05) is 0 Å². The van der Waals surface area contributed by atoms with Gasteiger partial charge in [0, 0.05) is 6.04 Å². The first-order chi connectivity index (χ1) is 6.22. The summed E-state index contributed by atoms with van der Waals surface area (Å²) in [6.07, 6.45) is 4.35. The van der Waals surface area contributed by atoms with E-state index in [1.165, 1.54) is 13.5 Å². The van der Waals surface area contributed by atoms with E-state index in [4.69, 9.17) is 10.5 Å². The number of carbonyl (C=O) groups is 1. The molecule has 0 aromatic carbocycles. The number of carbonyl (C=O) groups excluding carboxylic acids is 1. The van der Waals surface area contributed by atoms with Crippen LogP contribution in [0.5, 0.6) is 0 Å². The largest absolute Gasteiger partial charge is 0.469 e. The maximum absolute atomic E-state index is 11.4. The molecule has 2 N–H and O–H groups in total. The van der Waals surface area contributed by atoms with Gasteiger partial charge < -0.3 is 10.5 Å². The number of hydrogen-bond donors (Lipinski definition) is 1. The maximum Gasteiger partial charge on any atom is 0.308 e. The maximum atomic E-state index is 11.4. The Morgan fingerprint density at radius 1 is 1.31 bits per heavy atom. The summed E-state index contributed by atoms with van der Waals surface area (Å²) in [7, 11) is 1.48. The van der Waals surface area contributed by atoms with Gasteiger partial charge in [-0.25, -0.2) is 0 Å². The van der Waals surface area contributed by atoms with Crippen molar-refractivity contribution in [1.29, 1.82) is 0 Å². The molecule has 0 aromatic rings. The number of ether oxygens (including phenoxy) is 1. The molecule has 13 heavy (non-hydrogen) atoms. The Hall–Kier alpha value is -0.570. The van der Waals surface area contributed by atoms with E-state index in [2.05, 4.69) is 0 Å². The Balaban J connectivity index is 2.06. The first kappa shape index (κ1) is 9.00. The van der Waals surface area contributed by atoms with Crippen molar-refractivity contribution in [2.24, 2.45) is 23.5 Å². The van der Waals surface area contributed by atoms with Crippen molar-refractivity contribution in [3.8, 4) is 0 Å². The van der Waals surface area contributed by atoms with E-state index in [0.29, 0.717) is 17.9 Å². The Morgan fingerprint density at radius 2 is 2.00 bits per heavy atom. The van der Waals surface area contributed by atoms with E-state index in [-0.39, 0.29) is 11.9 Å². The molecule has 3 fully saturated rings. The number of hydrogen-bond acceptors (Lipinski definition) is 3. The Bertz CT molecular complexity index is 217. The molecular weight excluding hydrogens is 166 g/mol. The average molecular weight is 183 g/mol. The van der Waals surface area contributed by atoms with E-state index >= 15 is 0 Å². The SMILES string of the molecule is COC(=O)[C@@H]1C[C@@H]2CC[C@@H]1C[C@@H]2N. The van der Waals surface area contributed by atoms with Gasteiger partial charge in [0.05, 0.1) is 13.0 Å². The summed E-state index contributed by atoms with van der Waals surface area (Å²) in [4.78, 5) is 11.4. The first-order valence-corrected chi connectivity index (χ1v) is 5.05. The molecule has 2 bridgehead atoms. The number of fused-ring (bicyclic) bond motifs is 3. The molecule has 3 nitrogen and oxygen atoms in total. The molecule has 3 heteroatoms. The summed E-state index contributed by atoms with van der Waals surface area (Å²) in [5, 5.41) is 0. The minimum atomic E-state index is -0.0263. The van der Waals surface area contributed by atoms with Gasteiger partial charge in [0.25, 0.3) is 0 Å². The molecule has 74 valence electrons. The van der Waals surface area contributed by atoms with Gasteiger partial charge in [-0.2, -0.15) is 0 Å². The van der Waals surface area contributed by atoms with Gasteiger partial charge in [-0.15, -0.1) is 0 Å². The van der Waals surface area contributed by atoms with Crippen LogP contribution in [0, 0.1) is 17.8 Å². The molecule has 3 aliphatic carbocycles. The van der Waals surface area contributed by atoms with Crippen LogP contribution in [0.1, 0.15) is 25.7 Å². The molecule has 3 rings (SSSR count). The number of methoxy groups -OCH3 is 1. The second kappa shape index (κ2) is 3.29. The molecule has 0 heterocycles. The lowest BCUT2D eigenvalue weighted by Gasteiger charge is -2.44. The third-order valence-electron chi connectivity index (χ3n) is 3.72. The van der Waals surface area contributed by atoms with Gasteiger partial charge in [-0.05, 0) is 37.5 Å². The van der Waals surface area contributed by atoms with Crippen LogP contribution < -0.4 is 5.73 Å². The minimum Gasteiger partial charge on any atom is -0.469 e. The molecule has 0 spiro atoms. The van der Waals surface area contributed by atoms with Crippen molar-refractivity contribution < 1.29 is 9.53 Å². The van der Waals surface area contributed by atoms with Gasteiger partial charge in [0.2, 0.25) is 0 Å². The molecule has 0 unspecified atom stereocenters. The Labute approximate surface area is 78.6 Å². The number of rotatable bonds is 1. The predicted molar refractivity (Wildman–Crippen MR) is 48.9 cm³/mol. The standard InChI is InChI=1S/C10H17NO2/c1-13-10(12)8-4-7-3-2-6(8)5-9(7)11/h6-9H,2-5,11H2,1H3/t6-,7+,8-,9+/m1/s1. The van der Waals surface area contributed by atoms with Crippen LogP contribution in [-0.2, 0) is 9.53 Å². The van der Waals surface area contributed by atoms with Crippen LogP contribution in [0.3, 0.4) is 0 Å². The van der Waals surface area contributed by atoms with Crippen molar-refractivity contribution in [2.45, 2.75) is 31.7 Å². The fourth-order valence-corrected chi connectivity index (χ4v) is 2.92. The summed E-state index contributed by atoms with van der Waals surface area (Å²) in [5.74, 6) is 1.17. The zero-order chi connectivity index (χ0) is 9.42. The van der Waals surface area contributed by atoms with E-state index in [1.54, 1.807) is 0 Å². The fourth-order valence-electron chi connectivity index (χ4n) is 2.92. The van der Waals surface area contributed by atoms with Crippen molar-refractivity contribution in [3.05, 3.63) is 0 Å². The van der Waals surface area contributed by atoms with Crippen LogP contribution in [-0.4, -0.2) is 19.1 Å². The summed E-state index contributed by atoms with van der Waals surface area (Å²) in [6.45, 7) is 0. The van der Waals surface area contributed by atoms with Crippen LogP contribution >= 0.6 is 0 Å². The normalized spacial score (nSPS) is 43.2. The summed E-state index contributed by atoms with van der Waals surface area (Å²) in [5.41, 5.74) is 5.97. The molecule has 0 radical (unpaired) electrons. The van der Waals surface area contributed by atoms with Gasteiger partial charge in [-0.3, -0.25) is 4.79 Å². The molecular formula is C10H17NO2. The monoisotopic (exact) mass is 183 g/mol. The van der Waals surface area contributed by atoms with Crippen molar-refractivity contribution in [3.63, 3.8) is 0 Å². The quantitative estimate of drug-likeness (QED) is 0.615. The summed E-state index contributed by atoms with van der Waals surface area (Å²) >= 11 is 0. The summed E-state index contributed by atoms with van der Waals surface area (Å²) < 4.78 is 4.80. The van der Waals surface area contributed by atoms with Gasteiger partial charge in [-0.1, -0.05) is 0 Å². The molecule has 0 saturated heterocycles. The van der Waals surface area contributed by atoms with E-state index in [9.17, 15) is 4.79 Å². The predicted octanol–water partition coefficient (Wildman–Crippen LogP) is 0.923. The van der Waals surface area contributed by atoms with Crippen molar-refractivity contribution in [1.82, 2.24) is 0 Å². The zero-order valence-corrected chi connectivity index (χ0v) is 8.03. The van der Waals surface area contributed by atoms with E-state index < -0.39 is 0 Å². The molecule has 0 aliphatic heterocycles. The number of nitrogens with two attached hydrogens (primary N) is 1. The highest BCUT2D eigenvalue weighted by Gasteiger charge is 2.43. The minimum absolute atomic E-state index is 0.0263. The zero-order valence-electron chi connectivity index (χ0n) is 8.03. The number of esters is 1. The van der Waals surface area contributed by atoms with Crippen LogP contribution in [0.2, 0.25) is 0 Å². The third kappa shape index (κ3) is 1.46. The molecule has 3 saturated carbocycles. The molecule has 0 aromatic heterocycles. The van der Waals surface area contributed by atoms with Gasteiger partial charge in [0.1, 0.15) is 0 Å². The second-order valence-electron chi connectivity index (χ2n) is 4.36. The smallest absolute Gasteiger partial charge is 0.308 e. The average Bonchev–Trinajstić information content (AvgIpc) is 2.17.